The summed E-state index contributed by atoms with van der Waals surface area (Å²) in [4.78, 5) is 14.6. The lowest BCUT2D eigenvalue weighted by Crippen LogP contribution is -2.33. The van der Waals surface area contributed by atoms with Gasteiger partial charge in [-0.05, 0) is 18.2 Å². The van der Waals surface area contributed by atoms with Crippen molar-refractivity contribution in [1.29, 1.82) is 10.5 Å². The van der Waals surface area contributed by atoms with Gasteiger partial charge in [0.15, 0.2) is 0 Å². The molecule has 0 fully saturated rings. The first-order chi connectivity index (χ1) is 13.2. The normalized spacial score (nSPS) is 14.3. The number of nitrogens with zero attached hydrogens (tertiary/aromatic N) is 6. The molecule has 1 unspecified atom stereocenters. The molecule has 0 saturated heterocycles. The summed E-state index contributed by atoms with van der Waals surface area (Å²) >= 11 is 0. The van der Waals surface area contributed by atoms with E-state index in [-0.39, 0.29) is 12.5 Å². The van der Waals surface area contributed by atoms with Crippen molar-refractivity contribution in [3.8, 4) is 17.8 Å². The highest BCUT2D eigenvalue weighted by molar-refractivity contribution is 5.94. The second-order valence-corrected chi connectivity index (χ2v) is 5.75. The summed E-state index contributed by atoms with van der Waals surface area (Å²) in [6.45, 7) is 1.70. The minimum absolute atomic E-state index is 0.188. The smallest absolute Gasteiger partial charge is 0.255 e. The molecule has 1 aromatic heterocycles. The lowest BCUT2D eigenvalue weighted by Gasteiger charge is -2.25. The molecule has 2 aromatic carbocycles. The van der Waals surface area contributed by atoms with E-state index in [9.17, 15) is 10.1 Å². The van der Waals surface area contributed by atoms with E-state index in [2.05, 4.69) is 16.4 Å². The van der Waals surface area contributed by atoms with Gasteiger partial charge in [-0.1, -0.05) is 41.6 Å². The Bertz CT molecular complexity index is 1030. The summed E-state index contributed by atoms with van der Waals surface area (Å²) in [5, 5.41) is 25.1. The van der Waals surface area contributed by atoms with E-state index in [1.165, 1.54) is 6.92 Å². The average Bonchev–Trinajstić information content (AvgIpc) is 3.12. The van der Waals surface area contributed by atoms with Gasteiger partial charge < -0.3 is 4.90 Å². The zero-order valence-corrected chi connectivity index (χ0v) is 14.6. The highest BCUT2D eigenvalue weighted by atomic mass is 16.2. The predicted octanol–water partition coefficient (Wildman–Crippen LogP) is 3.02. The molecule has 2 heterocycles. The van der Waals surface area contributed by atoms with Crippen LogP contribution >= 0.6 is 0 Å². The summed E-state index contributed by atoms with van der Waals surface area (Å²) < 4.78 is 1.69. The zero-order valence-electron chi connectivity index (χ0n) is 14.6. The number of benzene rings is 2. The predicted molar refractivity (Wildman–Crippen MR) is 97.3 cm³/mol. The number of carbonyl (C=O) groups is 1. The summed E-state index contributed by atoms with van der Waals surface area (Å²) in [5.41, 5.74) is 2.84. The lowest BCUT2D eigenvalue weighted by atomic mass is 10.0. The minimum atomic E-state index is -0.685. The van der Waals surface area contributed by atoms with Crippen LogP contribution in [-0.2, 0) is 6.54 Å². The Morgan fingerprint density at radius 3 is 2.48 bits per heavy atom. The average molecular weight is 356 g/mol. The summed E-state index contributed by atoms with van der Waals surface area (Å²) in [5.74, 6) is -0.188. The maximum Gasteiger partial charge on any atom is 0.255 e. The number of hydrogen-bond donors (Lipinski definition) is 0. The van der Waals surface area contributed by atoms with Crippen LogP contribution in [0.3, 0.4) is 0 Å². The summed E-state index contributed by atoms with van der Waals surface area (Å²) in [6.07, 6.45) is 1.63. The van der Waals surface area contributed by atoms with Crippen LogP contribution in [0.5, 0.6) is 0 Å². The lowest BCUT2D eigenvalue weighted by molar-refractivity contribution is 0.0702. The molecule has 4 rings (SSSR count). The van der Waals surface area contributed by atoms with Crippen molar-refractivity contribution in [2.75, 3.05) is 0 Å². The van der Waals surface area contributed by atoms with Gasteiger partial charge >= 0.3 is 0 Å². The molecule has 7 nitrogen and oxygen atoms in total. The largest absolute Gasteiger partial charge is 0.312 e. The van der Waals surface area contributed by atoms with Crippen LogP contribution in [-0.4, -0.2) is 25.8 Å². The number of fused-ring (bicyclic) bond motifs is 3. The highest BCUT2D eigenvalue weighted by Crippen LogP contribution is 2.32. The van der Waals surface area contributed by atoms with Crippen LogP contribution in [0.1, 0.15) is 34.6 Å². The van der Waals surface area contributed by atoms with E-state index in [0.29, 0.717) is 5.56 Å². The van der Waals surface area contributed by atoms with Crippen molar-refractivity contribution in [3.63, 3.8) is 0 Å². The first kappa shape index (κ1) is 17.8. The molecule has 0 bridgehead atoms. The van der Waals surface area contributed by atoms with Gasteiger partial charge in [0, 0.05) is 18.1 Å². The Labute approximate surface area is 156 Å². The zero-order chi connectivity index (χ0) is 19.2. The molecule has 27 heavy (non-hydrogen) atoms. The van der Waals surface area contributed by atoms with Gasteiger partial charge in [0.1, 0.15) is 6.04 Å². The number of rotatable bonds is 1. The van der Waals surface area contributed by atoms with Crippen LogP contribution in [0.2, 0.25) is 0 Å². The van der Waals surface area contributed by atoms with Crippen molar-refractivity contribution in [1.82, 2.24) is 19.9 Å². The highest BCUT2D eigenvalue weighted by Gasteiger charge is 2.32. The van der Waals surface area contributed by atoms with E-state index in [1.54, 1.807) is 34.0 Å². The SMILES string of the molecule is CC#N.N#CC1c2ccccc2-n2nncc2CN1C(=O)c1ccccc1. The van der Waals surface area contributed by atoms with E-state index < -0.39 is 6.04 Å². The molecule has 0 aliphatic carbocycles. The molecule has 0 radical (unpaired) electrons. The Morgan fingerprint density at radius 1 is 1.11 bits per heavy atom. The van der Waals surface area contributed by atoms with E-state index >= 15 is 0 Å². The second kappa shape index (κ2) is 7.94. The monoisotopic (exact) mass is 356 g/mol. The first-order valence-electron chi connectivity index (χ1n) is 8.26. The fourth-order valence-corrected chi connectivity index (χ4v) is 2.99. The van der Waals surface area contributed by atoms with Crippen LogP contribution in [0.15, 0.2) is 60.8 Å². The van der Waals surface area contributed by atoms with Gasteiger partial charge in [-0.25, -0.2) is 4.68 Å². The summed E-state index contributed by atoms with van der Waals surface area (Å²) in [7, 11) is 0. The molecule has 1 atom stereocenters. The number of amides is 1. The fraction of sp³-hybridized carbons (Fsp3) is 0.150. The summed E-state index contributed by atoms with van der Waals surface area (Å²) in [6, 6.07) is 19.8. The standard InChI is InChI=1S/C18H13N5O.C2H3N/c19-10-17-15-8-4-5-9-16(15)23-14(11-20-21-23)12-22(17)18(24)13-6-2-1-3-7-13;1-2-3/h1-9,11,17H,12H2;1H3. The molecule has 7 heteroatoms. The van der Waals surface area contributed by atoms with Crippen LogP contribution in [0, 0.1) is 22.7 Å². The van der Waals surface area contributed by atoms with Crippen molar-refractivity contribution in [2.24, 2.45) is 0 Å². The number of nitriles is 2. The second-order valence-electron chi connectivity index (χ2n) is 5.75. The number of carbonyl (C=O) groups excluding carboxylic acids is 1. The van der Waals surface area contributed by atoms with Gasteiger partial charge in [0.05, 0.1) is 36.3 Å². The van der Waals surface area contributed by atoms with Gasteiger partial charge in [-0.15, -0.1) is 5.10 Å². The van der Waals surface area contributed by atoms with E-state index in [4.69, 9.17) is 5.26 Å². The van der Waals surface area contributed by atoms with Crippen LogP contribution < -0.4 is 0 Å². The van der Waals surface area contributed by atoms with Crippen molar-refractivity contribution in [2.45, 2.75) is 19.5 Å². The molecule has 0 saturated carbocycles. The third-order valence-electron chi connectivity index (χ3n) is 4.13. The number of para-hydroxylation sites is 1. The van der Waals surface area contributed by atoms with Gasteiger partial charge in [0.25, 0.3) is 5.91 Å². The van der Waals surface area contributed by atoms with E-state index in [0.717, 1.165) is 16.9 Å². The quantitative estimate of drug-likeness (QED) is 0.667. The number of aromatic nitrogens is 3. The third kappa shape index (κ3) is 3.39. The van der Waals surface area contributed by atoms with Crippen molar-refractivity contribution < 1.29 is 4.79 Å². The topological polar surface area (TPSA) is 98.6 Å². The van der Waals surface area contributed by atoms with Gasteiger partial charge in [-0.3, -0.25) is 4.79 Å². The molecule has 1 aliphatic rings. The van der Waals surface area contributed by atoms with Gasteiger partial charge in [-0.2, -0.15) is 10.5 Å². The Balaban J connectivity index is 0.000000659. The van der Waals surface area contributed by atoms with Crippen LogP contribution in [0.4, 0.5) is 0 Å². The molecule has 132 valence electrons. The van der Waals surface area contributed by atoms with Gasteiger partial charge in [0.2, 0.25) is 0 Å². The number of hydrogen-bond acceptors (Lipinski definition) is 5. The molecule has 0 spiro atoms. The third-order valence-corrected chi connectivity index (χ3v) is 4.13. The molecular formula is C20H16N6O. The molecule has 1 amide bonds. The fourth-order valence-electron chi connectivity index (χ4n) is 2.99. The minimum Gasteiger partial charge on any atom is -0.312 e. The Morgan fingerprint density at radius 2 is 1.78 bits per heavy atom. The van der Waals surface area contributed by atoms with Crippen molar-refractivity contribution in [3.05, 3.63) is 77.6 Å². The Kier molecular flexibility index (Phi) is 5.25. The first-order valence-corrected chi connectivity index (χ1v) is 8.26. The van der Waals surface area contributed by atoms with Crippen molar-refractivity contribution >= 4 is 5.91 Å². The molecule has 0 N–H and O–H groups in total. The van der Waals surface area contributed by atoms with E-state index in [1.807, 2.05) is 42.5 Å². The molecule has 3 aromatic rings. The molecule has 1 aliphatic heterocycles. The Hall–Kier alpha value is -3.97. The maximum absolute atomic E-state index is 13.0. The van der Waals surface area contributed by atoms with Crippen LogP contribution in [0.25, 0.3) is 5.69 Å². The maximum atomic E-state index is 13.0. The molecular weight excluding hydrogens is 340 g/mol.